The number of aromatic nitrogens is 2. The second-order valence-electron chi connectivity index (χ2n) is 5.81. The SMILES string of the molecule is O=C(Cn1ncc(=O)c2ccccc21)NCCCOc1ccc(Cl)cc1Cl. The maximum absolute atomic E-state index is 12.1. The van der Waals surface area contributed by atoms with E-state index in [1.807, 2.05) is 0 Å². The maximum atomic E-state index is 12.1. The highest BCUT2D eigenvalue weighted by atomic mass is 35.5. The fraction of sp³-hybridized carbons (Fsp3) is 0.211. The number of hydrogen-bond donors (Lipinski definition) is 1. The largest absolute Gasteiger partial charge is 0.492 e. The second-order valence-corrected chi connectivity index (χ2v) is 6.65. The van der Waals surface area contributed by atoms with Gasteiger partial charge in [0.15, 0.2) is 0 Å². The molecule has 0 spiro atoms. The van der Waals surface area contributed by atoms with Gasteiger partial charge in [0.1, 0.15) is 12.3 Å². The summed E-state index contributed by atoms with van der Waals surface area (Å²) in [6.07, 6.45) is 1.84. The lowest BCUT2D eigenvalue weighted by Crippen LogP contribution is -2.30. The molecule has 0 fully saturated rings. The molecule has 6 nitrogen and oxygen atoms in total. The van der Waals surface area contributed by atoms with Gasteiger partial charge in [-0.2, -0.15) is 5.10 Å². The number of nitrogens with one attached hydrogen (secondary N) is 1. The first-order valence-electron chi connectivity index (χ1n) is 8.34. The standard InChI is InChI=1S/C19H17Cl2N3O3/c20-13-6-7-18(15(21)10-13)27-9-3-8-22-19(26)12-24-16-5-2-1-4-14(16)17(25)11-23-24/h1-2,4-7,10-11H,3,8-9,12H2,(H,22,26). The number of carbonyl (C=O) groups is 1. The molecular formula is C19H17Cl2N3O3. The van der Waals surface area contributed by atoms with Gasteiger partial charge in [0.05, 0.1) is 23.3 Å². The summed E-state index contributed by atoms with van der Waals surface area (Å²) >= 11 is 11.9. The highest BCUT2D eigenvalue weighted by molar-refractivity contribution is 6.35. The van der Waals surface area contributed by atoms with E-state index in [-0.39, 0.29) is 17.9 Å². The molecule has 1 amide bonds. The number of carbonyl (C=O) groups excluding carboxylic acids is 1. The molecule has 0 aliphatic rings. The van der Waals surface area contributed by atoms with Crippen LogP contribution in [0.5, 0.6) is 5.75 Å². The lowest BCUT2D eigenvalue weighted by atomic mass is 10.2. The summed E-state index contributed by atoms with van der Waals surface area (Å²) in [5, 5.41) is 8.38. The molecule has 1 heterocycles. The van der Waals surface area contributed by atoms with E-state index in [1.54, 1.807) is 42.5 Å². The Kier molecular flexibility index (Phi) is 6.32. The first-order chi connectivity index (χ1) is 13.0. The third-order valence-electron chi connectivity index (χ3n) is 3.85. The Hall–Kier alpha value is -2.57. The number of fused-ring (bicyclic) bond motifs is 1. The van der Waals surface area contributed by atoms with Crippen LogP contribution in [0, 0.1) is 0 Å². The van der Waals surface area contributed by atoms with E-state index >= 15 is 0 Å². The van der Waals surface area contributed by atoms with Gasteiger partial charge in [-0.25, -0.2) is 0 Å². The van der Waals surface area contributed by atoms with E-state index in [0.29, 0.717) is 46.3 Å². The molecule has 27 heavy (non-hydrogen) atoms. The molecule has 0 radical (unpaired) electrons. The van der Waals surface area contributed by atoms with Crippen LogP contribution < -0.4 is 15.5 Å². The summed E-state index contributed by atoms with van der Waals surface area (Å²) in [5.41, 5.74) is 0.459. The van der Waals surface area contributed by atoms with Crippen LogP contribution in [0.15, 0.2) is 53.5 Å². The monoisotopic (exact) mass is 405 g/mol. The zero-order chi connectivity index (χ0) is 19.2. The van der Waals surface area contributed by atoms with Crippen LogP contribution in [0.3, 0.4) is 0 Å². The van der Waals surface area contributed by atoms with Crippen molar-refractivity contribution < 1.29 is 9.53 Å². The van der Waals surface area contributed by atoms with Gasteiger partial charge < -0.3 is 10.1 Å². The number of benzene rings is 2. The highest BCUT2D eigenvalue weighted by Crippen LogP contribution is 2.27. The maximum Gasteiger partial charge on any atom is 0.241 e. The van der Waals surface area contributed by atoms with E-state index in [0.717, 1.165) is 0 Å². The summed E-state index contributed by atoms with van der Waals surface area (Å²) < 4.78 is 7.08. The molecule has 0 aliphatic heterocycles. The Morgan fingerprint density at radius 1 is 1.19 bits per heavy atom. The molecule has 8 heteroatoms. The zero-order valence-electron chi connectivity index (χ0n) is 14.3. The smallest absolute Gasteiger partial charge is 0.241 e. The minimum absolute atomic E-state index is 0.0324. The minimum atomic E-state index is -0.194. The summed E-state index contributed by atoms with van der Waals surface area (Å²) in [6.45, 7) is 0.883. The molecule has 1 N–H and O–H groups in total. The van der Waals surface area contributed by atoms with Crippen molar-refractivity contribution in [2.75, 3.05) is 13.2 Å². The Morgan fingerprint density at radius 2 is 2.00 bits per heavy atom. The number of para-hydroxylation sites is 1. The van der Waals surface area contributed by atoms with Crippen molar-refractivity contribution in [3.63, 3.8) is 0 Å². The molecule has 3 aromatic rings. The number of hydrogen-bond acceptors (Lipinski definition) is 4. The molecule has 0 saturated carbocycles. The van der Waals surface area contributed by atoms with Crippen LogP contribution in [-0.4, -0.2) is 28.8 Å². The quantitative estimate of drug-likeness (QED) is 0.612. The number of nitrogens with zero attached hydrogens (tertiary/aromatic N) is 2. The van der Waals surface area contributed by atoms with Gasteiger partial charge in [-0.1, -0.05) is 35.3 Å². The molecule has 0 atom stereocenters. The number of halogens is 2. The molecule has 140 valence electrons. The van der Waals surface area contributed by atoms with E-state index in [1.165, 1.54) is 10.9 Å². The third-order valence-corrected chi connectivity index (χ3v) is 4.38. The van der Waals surface area contributed by atoms with Crippen molar-refractivity contribution in [1.82, 2.24) is 15.1 Å². The molecule has 0 saturated heterocycles. The fourth-order valence-corrected chi connectivity index (χ4v) is 3.02. The van der Waals surface area contributed by atoms with Crippen LogP contribution >= 0.6 is 23.2 Å². The van der Waals surface area contributed by atoms with E-state index < -0.39 is 0 Å². The van der Waals surface area contributed by atoms with Crippen molar-refractivity contribution in [2.45, 2.75) is 13.0 Å². The Bertz CT molecular complexity index is 1020. The Balaban J connectivity index is 1.48. The predicted octanol–water partition coefficient (Wildman–Crippen LogP) is 3.29. The summed E-state index contributed by atoms with van der Waals surface area (Å²) in [4.78, 5) is 24.0. The van der Waals surface area contributed by atoms with Crippen LogP contribution in [0.4, 0.5) is 0 Å². The van der Waals surface area contributed by atoms with E-state index in [2.05, 4.69) is 10.4 Å². The molecule has 0 bridgehead atoms. The van der Waals surface area contributed by atoms with Crippen molar-refractivity contribution >= 4 is 40.0 Å². The minimum Gasteiger partial charge on any atom is -0.492 e. The van der Waals surface area contributed by atoms with E-state index in [9.17, 15) is 9.59 Å². The fourth-order valence-electron chi connectivity index (χ4n) is 2.55. The lowest BCUT2D eigenvalue weighted by Gasteiger charge is -2.11. The van der Waals surface area contributed by atoms with Crippen molar-refractivity contribution in [3.05, 3.63) is 68.9 Å². The van der Waals surface area contributed by atoms with Gasteiger partial charge in [-0.3, -0.25) is 14.3 Å². The van der Waals surface area contributed by atoms with Crippen LogP contribution in [0.2, 0.25) is 10.0 Å². The zero-order valence-corrected chi connectivity index (χ0v) is 15.8. The number of ether oxygens (including phenoxy) is 1. The average Bonchev–Trinajstić information content (AvgIpc) is 2.65. The Labute approximate surface area is 165 Å². The summed E-state index contributed by atoms with van der Waals surface area (Å²) in [5.74, 6) is 0.358. The molecular weight excluding hydrogens is 389 g/mol. The van der Waals surface area contributed by atoms with Crippen molar-refractivity contribution in [2.24, 2.45) is 0 Å². The second kappa shape index (κ2) is 8.88. The van der Waals surface area contributed by atoms with Crippen LogP contribution in [0.25, 0.3) is 10.9 Å². The normalized spacial score (nSPS) is 10.7. The van der Waals surface area contributed by atoms with Gasteiger partial charge in [0.2, 0.25) is 11.3 Å². The summed E-state index contributed by atoms with van der Waals surface area (Å²) in [6, 6.07) is 12.1. The predicted molar refractivity (Wildman–Crippen MR) is 106 cm³/mol. The Morgan fingerprint density at radius 3 is 2.81 bits per heavy atom. The third kappa shape index (κ3) is 4.99. The van der Waals surface area contributed by atoms with Crippen LogP contribution in [0.1, 0.15) is 6.42 Å². The van der Waals surface area contributed by atoms with Crippen molar-refractivity contribution in [1.29, 1.82) is 0 Å². The van der Waals surface area contributed by atoms with Gasteiger partial charge in [-0.05, 0) is 36.8 Å². The number of rotatable bonds is 7. The lowest BCUT2D eigenvalue weighted by molar-refractivity contribution is -0.121. The molecule has 3 rings (SSSR count). The van der Waals surface area contributed by atoms with Gasteiger partial charge in [0.25, 0.3) is 0 Å². The molecule has 1 aromatic heterocycles. The highest BCUT2D eigenvalue weighted by Gasteiger charge is 2.08. The first kappa shape index (κ1) is 19.2. The van der Waals surface area contributed by atoms with Gasteiger partial charge in [-0.15, -0.1) is 0 Å². The van der Waals surface area contributed by atoms with Crippen LogP contribution in [-0.2, 0) is 11.3 Å². The average molecular weight is 406 g/mol. The number of amides is 1. The molecule has 2 aromatic carbocycles. The summed E-state index contributed by atoms with van der Waals surface area (Å²) in [7, 11) is 0. The van der Waals surface area contributed by atoms with E-state index in [4.69, 9.17) is 27.9 Å². The topological polar surface area (TPSA) is 73.2 Å². The van der Waals surface area contributed by atoms with Crippen molar-refractivity contribution in [3.8, 4) is 5.75 Å². The molecule has 0 unspecified atom stereocenters. The first-order valence-corrected chi connectivity index (χ1v) is 9.09. The van der Waals surface area contributed by atoms with Gasteiger partial charge >= 0.3 is 0 Å². The van der Waals surface area contributed by atoms with Gasteiger partial charge in [0, 0.05) is 17.0 Å². The molecule has 0 aliphatic carbocycles.